The molecule has 3 aromatic rings. The van der Waals surface area contributed by atoms with E-state index in [-0.39, 0.29) is 50.1 Å². The molecule has 0 bridgehead atoms. The van der Waals surface area contributed by atoms with Crippen LogP contribution in [0.5, 0.6) is 5.75 Å². The number of amides is 2. The number of carbonyl (C=O) groups is 2. The molecule has 3 aliphatic rings. The van der Waals surface area contributed by atoms with Gasteiger partial charge in [-0.25, -0.2) is 4.72 Å². The van der Waals surface area contributed by atoms with Gasteiger partial charge in [0, 0.05) is 82.0 Å². The van der Waals surface area contributed by atoms with Crippen molar-refractivity contribution < 1.29 is 31.2 Å². The van der Waals surface area contributed by atoms with Crippen molar-refractivity contribution in [1.29, 1.82) is 0 Å². The molecule has 49 heavy (non-hydrogen) atoms. The molecule has 13 nitrogen and oxygen atoms in total. The van der Waals surface area contributed by atoms with Crippen molar-refractivity contribution in [3.8, 4) is 17.0 Å². The summed E-state index contributed by atoms with van der Waals surface area (Å²) in [4.78, 5) is 29.3. The first-order valence-electron chi connectivity index (χ1n) is 16.5. The number of fused-ring (bicyclic) bond motifs is 5. The van der Waals surface area contributed by atoms with E-state index in [1.165, 1.54) is 48.8 Å². The van der Waals surface area contributed by atoms with E-state index >= 15 is 0 Å². The van der Waals surface area contributed by atoms with Crippen LogP contribution in [0.25, 0.3) is 28.2 Å². The van der Waals surface area contributed by atoms with Gasteiger partial charge in [-0.05, 0) is 66.3 Å². The number of benzene rings is 2. The average molecular weight is 713 g/mol. The summed E-state index contributed by atoms with van der Waals surface area (Å²) in [5.74, 6) is -0.0357. The third-order valence-electron chi connectivity index (χ3n) is 9.84. The second-order valence-corrected chi connectivity index (χ2v) is 17.3. The highest BCUT2D eigenvalue weighted by Crippen LogP contribution is 2.47. The van der Waals surface area contributed by atoms with Crippen molar-refractivity contribution in [2.75, 3.05) is 61.5 Å². The zero-order valence-corrected chi connectivity index (χ0v) is 30.2. The van der Waals surface area contributed by atoms with Gasteiger partial charge >= 0.3 is 10.2 Å². The van der Waals surface area contributed by atoms with E-state index in [0.717, 1.165) is 57.7 Å². The molecule has 2 aliphatic heterocycles. The van der Waals surface area contributed by atoms with Gasteiger partial charge in [0.25, 0.3) is 22.0 Å². The van der Waals surface area contributed by atoms with Crippen LogP contribution in [0, 0.1) is 0 Å². The molecule has 0 spiro atoms. The summed E-state index contributed by atoms with van der Waals surface area (Å²) >= 11 is 0. The molecule has 2 amide bonds. The minimum atomic E-state index is -4.02. The molecule has 264 valence electrons. The normalized spacial score (nSPS) is 17.9. The van der Waals surface area contributed by atoms with Crippen LogP contribution >= 0.6 is 0 Å². The summed E-state index contributed by atoms with van der Waals surface area (Å²) in [6.45, 7) is 1.05. The second-order valence-electron chi connectivity index (χ2n) is 13.2. The summed E-state index contributed by atoms with van der Waals surface area (Å²) in [5, 5.41) is 0.965. The molecule has 3 heterocycles. The van der Waals surface area contributed by atoms with E-state index in [9.17, 15) is 26.4 Å². The van der Waals surface area contributed by atoms with Crippen LogP contribution in [0.2, 0.25) is 0 Å². The van der Waals surface area contributed by atoms with E-state index in [4.69, 9.17) is 4.74 Å². The van der Waals surface area contributed by atoms with E-state index in [1.54, 1.807) is 24.1 Å². The number of nitrogens with zero attached hydrogens (tertiary/aromatic N) is 5. The van der Waals surface area contributed by atoms with Crippen LogP contribution < -0.4 is 9.46 Å². The van der Waals surface area contributed by atoms with Gasteiger partial charge in [-0.2, -0.15) is 29.8 Å². The quantitative estimate of drug-likeness (QED) is 0.378. The average Bonchev–Trinajstić information content (AvgIpc) is 3.30. The number of rotatable bonds is 8. The van der Waals surface area contributed by atoms with Gasteiger partial charge < -0.3 is 14.2 Å². The molecular formula is C34H44N6O7S2. The minimum absolute atomic E-state index is 0.182. The SMILES string of the molecule is COc1ccc2c(c1)C=C(C(=O)N1CCN(S(=O)(=O)N(C)C)CC1)Cn1c-2c(C2CCCCC2)c2ccc(C(=O)NS(=O)(=O)N(C)C)cc21. The lowest BCUT2D eigenvalue weighted by Gasteiger charge is -2.35. The highest BCUT2D eigenvalue weighted by atomic mass is 32.2. The Kier molecular flexibility index (Phi) is 9.67. The molecule has 1 saturated carbocycles. The monoisotopic (exact) mass is 712 g/mol. The van der Waals surface area contributed by atoms with Gasteiger partial charge in [0.2, 0.25) is 0 Å². The van der Waals surface area contributed by atoms with Gasteiger partial charge in [0.05, 0.1) is 19.3 Å². The van der Waals surface area contributed by atoms with Crippen molar-refractivity contribution in [2.45, 2.75) is 44.6 Å². The van der Waals surface area contributed by atoms with Crippen molar-refractivity contribution in [1.82, 2.24) is 27.1 Å². The van der Waals surface area contributed by atoms with E-state index in [0.29, 0.717) is 11.3 Å². The standard InChI is InChI=1S/C34H44N6O7S2/c1-36(2)48(43,44)35-33(41)24-11-13-29-30(21-24)40-22-26(34(42)38-15-17-39(18-16-38)49(45,46)37(3)4)19-25-20-27(47-5)12-14-28(25)32(40)31(29)23-9-7-6-8-10-23/h11-14,19-21,23H,6-10,15-18,22H2,1-5H3,(H,35,41). The van der Waals surface area contributed by atoms with Crippen LogP contribution in [0.3, 0.4) is 0 Å². The molecule has 1 aliphatic carbocycles. The predicted molar refractivity (Wildman–Crippen MR) is 189 cm³/mol. The van der Waals surface area contributed by atoms with Crippen molar-refractivity contribution >= 4 is 49.2 Å². The smallest absolute Gasteiger partial charge is 0.303 e. The first kappa shape index (κ1) is 35.1. The number of hydrogen-bond acceptors (Lipinski definition) is 7. The van der Waals surface area contributed by atoms with Crippen LogP contribution in [-0.4, -0.2) is 113 Å². The Morgan fingerprint density at radius 1 is 0.878 bits per heavy atom. The molecule has 15 heteroatoms. The number of piperazine rings is 1. The third-order valence-corrected chi connectivity index (χ3v) is 13.2. The lowest BCUT2D eigenvalue weighted by atomic mass is 9.81. The molecule has 1 N–H and O–H groups in total. The largest absolute Gasteiger partial charge is 0.497 e. The molecule has 2 aromatic carbocycles. The predicted octanol–water partition coefficient (Wildman–Crippen LogP) is 3.25. The third kappa shape index (κ3) is 6.61. The maximum absolute atomic E-state index is 14.3. The Hall–Kier alpha value is -3.76. The van der Waals surface area contributed by atoms with Crippen LogP contribution in [-0.2, 0) is 31.8 Å². The Morgan fingerprint density at radius 3 is 2.20 bits per heavy atom. The zero-order chi connectivity index (χ0) is 35.2. The molecule has 1 aromatic heterocycles. The molecule has 1 saturated heterocycles. The Labute approximate surface area is 288 Å². The van der Waals surface area contributed by atoms with Crippen molar-refractivity contribution in [2.24, 2.45) is 0 Å². The second kappa shape index (κ2) is 13.5. The maximum Gasteiger partial charge on any atom is 0.303 e. The molecule has 0 atom stereocenters. The Morgan fingerprint density at radius 2 is 1.57 bits per heavy atom. The van der Waals surface area contributed by atoms with E-state index in [2.05, 4.69) is 9.29 Å². The van der Waals surface area contributed by atoms with Gasteiger partial charge in [0.1, 0.15) is 5.75 Å². The first-order chi connectivity index (χ1) is 23.2. The number of ether oxygens (including phenoxy) is 1. The van der Waals surface area contributed by atoms with Crippen molar-refractivity contribution in [3.63, 3.8) is 0 Å². The summed E-state index contributed by atoms with van der Waals surface area (Å²) in [6, 6.07) is 11.1. The van der Waals surface area contributed by atoms with Crippen LogP contribution in [0.15, 0.2) is 42.0 Å². The maximum atomic E-state index is 14.3. The Bertz CT molecular complexity index is 2040. The first-order valence-corrected chi connectivity index (χ1v) is 19.3. The fourth-order valence-corrected chi connectivity index (χ4v) is 8.76. The fraction of sp³-hybridized carbons (Fsp3) is 0.471. The lowest BCUT2D eigenvalue weighted by Crippen LogP contribution is -2.53. The number of methoxy groups -OCH3 is 1. The summed E-state index contributed by atoms with van der Waals surface area (Å²) in [7, 11) is -0.344. The van der Waals surface area contributed by atoms with Gasteiger partial charge in [-0.3, -0.25) is 9.59 Å². The number of hydrogen-bond donors (Lipinski definition) is 1. The van der Waals surface area contributed by atoms with Crippen LogP contribution in [0.4, 0.5) is 0 Å². The number of carbonyl (C=O) groups excluding carboxylic acids is 2. The van der Waals surface area contributed by atoms with Crippen molar-refractivity contribution in [3.05, 3.63) is 58.7 Å². The molecule has 6 rings (SSSR count). The summed E-state index contributed by atoms with van der Waals surface area (Å²) in [5.41, 5.74) is 5.32. The minimum Gasteiger partial charge on any atom is -0.497 e. The highest BCUT2D eigenvalue weighted by molar-refractivity contribution is 7.87. The van der Waals surface area contributed by atoms with Crippen LogP contribution in [0.1, 0.15) is 59.5 Å². The van der Waals surface area contributed by atoms with E-state index in [1.807, 2.05) is 30.3 Å². The van der Waals surface area contributed by atoms with Gasteiger partial charge in [-0.1, -0.05) is 25.3 Å². The molecular weight excluding hydrogens is 669 g/mol. The highest BCUT2D eigenvalue weighted by Gasteiger charge is 2.34. The summed E-state index contributed by atoms with van der Waals surface area (Å²) in [6.07, 6.45) is 7.30. The van der Waals surface area contributed by atoms with Gasteiger partial charge in [0.15, 0.2) is 0 Å². The summed E-state index contributed by atoms with van der Waals surface area (Å²) < 4.78 is 63.9. The zero-order valence-electron chi connectivity index (χ0n) is 28.6. The number of aromatic nitrogens is 1. The topological polar surface area (TPSA) is 142 Å². The fourth-order valence-electron chi connectivity index (χ4n) is 7.14. The van der Waals surface area contributed by atoms with E-state index < -0.39 is 26.3 Å². The number of nitrogens with one attached hydrogen (secondary N) is 1. The molecule has 0 unspecified atom stereocenters. The Balaban J connectivity index is 1.48. The lowest BCUT2D eigenvalue weighted by molar-refractivity contribution is -0.128. The molecule has 2 fully saturated rings. The van der Waals surface area contributed by atoms with Gasteiger partial charge in [-0.15, -0.1) is 0 Å². The molecule has 0 radical (unpaired) electrons.